The van der Waals surface area contributed by atoms with Crippen molar-refractivity contribution in [2.24, 2.45) is 0 Å². The van der Waals surface area contributed by atoms with Crippen LogP contribution < -0.4 is 0 Å². The number of hydrogen-bond acceptors (Lipinski definition) is 4. The van der Waals surface area contributed by atoms with Crippen LogP contribution in [-0.2, 0) is 0 Å². The lowest BCUT2D eigenvalue weighted by Crippen LogP contribution is -2.01. The van der Waals surface area contributed by atoms with E-state index in [1.54, 1.807) is 6.33 Å². The lowest BCUT2D eigenvalue weighted by atomic mass is 10.3. The maximum absolute atomic E-state index is 4.55. The molecule has 6 heteroatoms. The molecule has 3 aromatic heterocycles. The van der Waals surface area contributed by atoms with Gasteiger partial charge in [0.25, 0.3) is 0 Å². The number of fused-ring (bicyclic) bond motifs is 2. The summed E-state index contributed by atoms with van der Waals surface area (Å²) in [4.78, 5) is 20.3. The van der Waals surface area contributed by atoms with Crippen LogP contribution in [0.25, 0.3) is 28.0 Å². The van der Waals surface area contributed by atoms with Crippen LogP contribution in [0, 0.1) is 6.92 Å². The van der Waals surface area contributed by atoms with Gasteiger partial charge in [-0.05, 0) is 19.1 Å². The number of hydrogen-bond donors (Lipinski definition) is 1. The zero-order chi connectivity index (χ0) is 12.8. The number of aromatic nitrogens is 6. The van der Waals surface area contributed by atoms with Gasteiger partial charge in [-0.25, -0.2) is 19.9 Å². The fraction of sp³-hybridized carbons (Fsp3) is 0.0769. The Morgan fingerprint density at radius 3 is 2.95 bits per heavy atom. The number of benzene rings is 1. The standard InChI is InChI=1S/C13H10N6/c1-8-18-9-4-2-3-5-10(9)19(8)13-11-12(15-6-14-11)16-7-17-13/h2-7H,1H3,(H,14,15,16,17). The number of aryl methyl sites for hydroxylation is 1. The molecule has 1 aromatic carbocycles. The average molecular weight is 250 g/mol. The molecule has 0 aliphatic rings. The van der Waals surface area contributed by atoms with E-state index in [2.05, 4.69) is 24.9 Å². The average Bonchev–Trinajstić information content (AvgIpc) is 3.01. The molecule has 19 heavy (non-hydrogen) atoms. The molecule has 6 nitrogen and oxygen atoms in total. The Labute approximate surface area is 108 Å². The molecule has 0 aliphatic carbocycles. The van der Waals surface area contributed by atoms with E-state index in [0.717, 1.165) is 28.2 Å². The second-order valence-corrected chi connectivity index (χ2v) is 4.28. The predicted molar refractivity (Wildman–Crippen MR) is 71.0 cm³/mol. The SMILES string of the molecule is Cc1nc2ccccc2n1-c1ncnc2nc[nH]c12. The third-order valence-corrected chi connectivity index (χ3v) is 3.14. The van der Waals surface area contributed by atoms with Gasteiger partial charge in [0.05, 0.1) is 17.4 Å². The van der Waals surface area contributed by atoms with Crippen molar-refractivity contribution in [2.75, 3.05) is 0 Å². The summed E-state index contributed by atoms with van der Waals surface area (Å²) in [6, 6.07) is 7.99. The zero-order valence-electron chi connectivity index (χ0n) is 10.2. The monoisotopic (exact) mass is 250 g/mol. The van der Waals surface area contributed by atoms with Gasteiger partial charge in [-0.15, -0.1) is 0 Å². The molecule has 0 amide bonds. The largest absolute Gasteiger partial charge is 0.340 e. The highest BCUT2D eigenvalue weighted by atomic mass is 15.2. The van der Waals surface area contributed by atoms with Gasteiger partial charge < -0.3 is 4.98 Å². The van der Waals surface area contributed by atoms with Crippen LogP contribution in [-0.4, -0.2) is 29.5 Å². The van der Waals surface area contributed by atoms with Crippen LogP contribution in [0.15, 0.2) is 36.9 Å². The number of imidazole rings is 2. The Bertz CT molecular complexity index is 888. The van der Waals surface area contributed by atoms with Crippen LogP contribution >= 0.6 is 0 Å². The number of nitrogens with one attached hydrogen (secondary N) is 1. The number of H-pyrrole nitrogens is 1. The molecule has 0 bridgehead atoms. The maximum Gasteiger partial charge on any atom is 0.182 e. The molecule has 4 rings (SSSR count). The topological polar surface area (TPSA) is 72.3 Å². The molecular weight excluding hydrogens is 240 g/mol. The molecule has 0 atom stereocenters. The van der Waals surface area contributed by atoms with Gasteiger partial charge in [0.1, 0.15) is 17.7 Å². The third kappa shape index (κ3) is 1.36. The van der Waals surface area contributed by atoms with Crippen molar-refractivity contribution in [1.29, 1.82) is 0 Å². The number of aromatic amines is 1. The minimum atomic E-state index is 0.655. The highest BCUT2D eigenvalue weighted by molar-refractivity contribution is 5.84. The molecule has 0 saturated carbocycles. The Kier molecular flexibility index (Phi) is 1.94. The number of para-hydroxylation sites is 2. The van der Waals surface area contributed by atoms with Gasteiger partial charge in [0.2, 0.25) is 0 Å². The first-order valence-corrected chi connectivity index (χ1v) is 5.93. The lowest BCUT2D eigenvalue weighted by Gasteiger charge is -2.05. The van der Waals surface area contributed by atoms with E-state index in [9.17, 15) is 0 Å². The van der Waals surface area contributed by atoms with Crippen molar-refractivity contribution in [1.82, 2.24) is 29.5 Å². The first kappa shape index (κ1) is 10.2. The van der Waals surface area contributed by atoms with Crippen LogP contribution in [0.1, 0.15) is 5.82 Å². The molecule has 3 heterocycles. The van der Waals surface area contributed by atoms with Gasteiger partial charge in [0, 0.05) is 0 Å². The highest BCUT2D eigenvalue weighted by Crippen LogP contribution is 2.22. The molecule has 0 saturated heterocycles. The summed E-state index contributed by atoms with van der Waals surface area (Å²) in [5, 5.41) is 0. The van der Waals surface area contributed by atoms with Crippen molar-refractivity contribution >= 4 is 22.2 Å². The van der Waals surface area contributed by atoms with E-state index in [-0.39, 0.29) is 0 Å². The van der Waals surface area contributed by atoms with Crippen molar-refractivity contribution in [3.63, 3.8) is 0 Å². The van der Waals surface area contributed by atoms with E-state index < -0.39 is 0 Å². The van der Waals surface area contributed by atoms with Gasteiger partial charge >= 0.3 is 0 Å². The number of rotatable bonds is 1. The maximum atomic E-state index is 4.55. The van der Waals surface area contributed by atoms with Crippen LogP contribution in [0.4, 0.5) is 0 Å². The minimum absolute atomic E-state index is 0.655. The predicted octanol–water partition coefficient (Wildman–Crippen LogP) is 2.00. The Balaban J connectivity index is 2.15. The van der Waals surface area contributed by atoms with E-state index in [0.29, 0.717) is 5.65 Å². The van der Waals surface area contributed by atoms with Crippen LogP contribution in [0.5, 0.6) is 0 Å². The normalized spacial score (nSPS) is 11.4. The van der Waals surface area contributed by atoms with Crippen molar-refractivity contribution in [3.8, 4) is 5.82 Å². The summed E-state index contributed by atoms with van der Waals surface area (Å²) < 4.78 is 2.01. The minimum Gasteiger partial charge on any atom is -0.340 e. The quantitative estimate of drug-likeness (QED) is 0.560. The number of nitrogens with zero attached hydrogens (tertiary/aromatic N) is 5. The van der Waals surface area contributed by atoms with Gasteiger partial charge in [-0.3, -0.25) is 4.57 Å². The Hall–Kier alpha value is -2.76. The second-order valence-electron chi connectivity index (χ2n) is 4.28. The summed E-state index contributed by atoms with van der Waals surface area (Å²) in [5.74, 6) is 1.66. The first-order chi connectivity index (χ1) is 9.34. The molecule has 1 N–H and O–H groups in total. The second kappa shape index (κ2) is 3.61. The summed E-state index contributed by atoms with van der Waals surface area (Å²) in [6.07, 6.45) is 3.14. The molecule has 92 valence electrons. The van der Waals surface area contributed by atoms with Crippen molar-refractivity contribution < 1.29 is 0 Å². The first-order valence-electron chi connectivity index (χ1n) is 5.93. The fourth-order valence-electron chi connectivity index (χ4n) is 2.34. The van der Waals surface area contributed by atoms with Gasteiger partial charge in [-0.1, -0.05) is 12.1 Å². The molecule has 0 unspecified atom stereocenters. The smallest absolute Gasteiger partial charge is 0.182 e. The molecule has 0 fully saturated rings. The van der Waals surface area contributed by atoms with Crippen molar-refractivity contribution in [2.45, 2.75) is 6.92 Å². The van der Waals surface area contributed by atoms with Crippen molar-refractivity contribution in [3.05, 3.63) is 42.7 Å². The van der Waals surface area contributed by atoms with Crippen LogP contribution in [0.2, 0.25) is 0 Å². The summed E-state index contributed by atoms with van der Waals surface area (Å²) in [5.41, 5.74) is 3.44. The Morgan fingerprint density at radius 1 is 1.11 bits per heavy atom. The Morgan fingerprint density at radius 2 is 2.00 bits per heavy atom. The fourth-order valence-corrected chi connectivity index (χ4v) is 2.34. The summed E-state index contributed by atoms with van der Waals surface area (Å²) >= 11 is 0. The third-order valence-electron chi connectivity index (χ3n) is 3.14. The van der Waals surface area contributed by atoms with E-state index in [1.165, 1.54) is 6.33 Å². The summed E-state index contributed by atoms with van der Waals surface area (Å²) in [6.45, 7) is 1.96. The molecule has 0 spiro atoms. The zero-order valence-corrected chi connectivity index (χ0v) is 10.2. The van der Waals surface area contributed by atoms with E-state index in [1.807, 2.05) is 35.8 Å². The molecule has 0 aliphatic heterocycles. The van der Waals surface area contributed by atoms with Gasteiger partial charge in [-0.2, -0.15) is 0 Å². The van der Waals surface area contributed by atoms with Crippen LogP contribution in [0.3, 0.4) is 0 Å². The molecule has 4 aromatic rings. The molecule has 0 radical (unpaired) electrons. The van der Waals surface area contributed by atoms with E-state index >= 15 is 0 Å². The van der Waals surface area contributed by atoms with E-state index in [4.69, 9.17) is 0 Å². The van der Waals surface area contributed by atoms with Gasteiger partial charge in [0.15, 0.2) is 11.5 Å². The molecular formula is C13H10N6. The lowest BCUT2D eigenvalue weighted by molar-refractivity contribution is 0.954. The highest BCUT2D eigenvalue weighted by Gasteiger charge is 2.13. The summed E-state index contributed by atoms with van der Waals surface area (Å²) in [7, 11) is 0.